The lowest BCUT2D eigenvalue weighted by atomic mass is 10.0. The largest absolute Gasteiger partial charge is 0.477 e. The molecule has 63 heavy (non-hydrogen) atoms. The van der Waals surface area contributed by atoms with E-state index >= 15 is 0 Å². The molecule has 0 fully saturated rings. The van der Waals surface area contributed by atoms with Crippen LogP contribution in [0.2, 0.25) is 0 Å². The van der Waals surface area contributed by atoms with Crippen LogP contribution in [-0.4, -0.2) is 80.6 Å². The highest BCUT2D eigenvalue weighted by Gasteiger charge is 2.31. The molecule has 0 heterocycles. The topological polar surface area (TPSA) is 99.1 Å². The number of likely N-dealkylation sites (N-methyl/N-ethyl adjacent to an activating group) is 1. The number of nitrogens with zero attached hydrogens (tertiary/aromatic N) is 1. The van der Waals surface area contributed by atoms with Crippen LogP contribution >= 0.6 is 0 Å². The highest BCUT2D eigenvalue weighted by atomic mass is 16.6. The molecular formula is C55H96NO7+. The Labute approximate surface area is 387 Å². The van der Waals surface area contributed by atoms with Gasteiger partial charge in [0, 0.05) is 19.3 Å². The zero-order chi connectivity index (χ0) is 46.3. The maximum Gasteiger partial charge on any atom is 0.362 e. The minimum absolute atomic E-state index is 0.0491. The van der Waals surface area contributed by atoms with E-state index in [4.69, 9.17) is 14.2 Å². The number of hydrogen-bond acceptors (Lipinski definition) is 6. The molecule has 0 amide bonds. The van der Waals surface area contributed by atoms with Crippen LogP contribution in [0.3, 0.4) is 0 Å². The summed E-state index contributed by atoms with van der Waals surface area (Å²) in [6.45, 7) is 4.58. The molecule has 0 radical (unpaired) electrons. The van der Waals surface area contributed by atoms with Crippen molar-refractivity contribution < 1.29 is 38.2 Å². The lowest BCUT2D eigenvalue weighted by Crippen LogP contribution is -2.50. The quantitative estimate of drug-likeness (QED) is 0.0214. The molecule has 2 atom stereocenters. The highest BCUT2D eigenvalue weighted by Crippen LogP contribution is 2.15. The highest BCUT2D eigenvalue weighted by molar-refractivity contribution is 5.72. The molecule has 0 rings (SSSR count). The Kier molecular flexibility index (Phi) is 43.0. The SMILES string of the molecule is CC/C=C/C/C=C/CCCCCCCCCCCCCCCCC(=O)OCC(COCCC(C(=O)O)[N+](C)(C)C)OC(=O)CCCCCCC/C=C/C=C/C=C/C=C/CCCCC. The van der Waals surface area contributed by atoms with E-state index in [-0.39, 0.29) is 36.2 Å². The zero-order valence-corrected chi connectivity index (χ0v) is 41.3. The number of carbonyl (C=O) groups excluding carboxylic acids is 2. The Balaban J connectivity index is 4.28. The third-order valence-electron chi connectivity index (χ3n) is 11.2. The average Bonchev–Trinajstić information content (AvgIpc) is 3.24. The number of carboxylic acid groups (broad SMARTS) is 1. The van der Waals surface area contributed by atoms with Crippen molar-refractivity contribution in [1.29, 1.82) is 0 Å². The van der Waals surface area contributed by atoms with Gasteiger partial charge in [0.1, 0.15) is 6.61 Å². The molecule has 0 aromatic heterocycles. The first-order valence-electron chi connectivity index (χ1n) is 25.5. The van der Waals surface area contributed by atoms with Crippen LogP contribution in [0.25, 0.3) is 0 Å². The van der Waals surface area contributed by atoms with Crippen LogP contribution in [-0.2, 0) is 28.6 Å². The predicted molar refractivity (Wildman–Crippen MR) is 266 cm³/mol. The zero-order valence-electron chi connectivity index (χ0n) is 41.3. The molecule has 0 aromatic rings. The monoisotopic (exact) mass is 883 g/mol. The van der Waals surface area contributed by atoms with Crippen molar-refractivity contribution in [2.75, 3.05) is 41.0 Å². The fourth-order valence-corrected chi connectivity index (χ4v) is 7.26. The molecule has 0 aliphatic rings. The van der Waals surface area contributed by atoms with E-state index in [1.165, 1.54) is 96.3 Å². The van der Waals surface area contributed by atoms with Crippen LogP contribution in [0.5, 0.6) is 0 Å². The van der Waals surface area contributed by atoms with Crippen molar-refractivity contribution >= 4 is 17.9 Å². The molecule has 0 aromatic carbocycles. The van der Waals surface area contributed by atoms with Crippen molar-refractivity contribution in [1.82, 2.24) is 0 Å². The molecule has 0 bridgehead atoms. The van der Waals surface area contributed by atoms with Crippen molar-refractivity contribution in [3.05, 3.63) is 72.9 Å². The third-order valence-corrected chi connectivity index (χ3v) is 11.2. The van der Waals surface area contributed by atoms with Gasteiger partial charge in [0.2, 0.25) is 0 Å². The number of unbranched alkanes of at least 4 members (excludes halogenated alkanes) is 22. The van der Waals surface area contributed by atoms with E-state index in [2.05, 4.69) is 86.8 Å². The van der Waals surface area contributed by atoms with Gasteiger partial charge in [0.25, 0.3) is 0 Å². The van der Waals surface area contributed by atoms with E-state index in [1.807, 2.05) is 21.1 Å². The maximum atomic E-state index is 12.8. The molecule has 8 nitrogen and oxygen atoms in total. The van der Waals surface area contributed by atoms with Gasteiger partial charge in [-0.15, -0.1) is 0 Å². The molecule has 0 saturated carbocycles. The van der Waals surface area contributed by atoms with Crippen molar-refractivity contribution in [2.45, 2.75) is 219 Å². The lowest BCUT2D eigenvalue weighted by molar-refractivity contribution is -0.887. The first-order chi connectivity index (χ1) is 30.6. The summed E-state index contributed by atoms with van der Waals surface area (Å²) in [4.78, 5) is 37.2. The van der Waals surface area contributed by atoms with Gasteiger partial charge in [-0.1, -0.05) is 196 Å². The number of carbonyl (C=O) groups is 3. The summed E-state index contributed by atoms with van der Waals surface area (Å²) in [6, 6.07) is -0.623. The van der Waals surface area contributed by atoms with E-state index in [0.717, 1.165) is 77.0 Å². The Morgan fingerprint density at radius 2 is 0.952 bits per heavy atom. The molecule has 1 N–H and O–H groups in total. The van der Waals surface area contributed by atoms with Crippen molar-refractivity contribution in [2.24, 2.45) is 0 Å². The molecule has 0 spiro atoms. The minimum atomic E-state index is -0.880. The Hall–Kier alpha value is -3.23. The number of esters is 2. The Bertz CT molecular complexity index is 1260. The van der Waals surface area contributed by atoms with Crippen molar-refractivity contribution in [3.63, 3.8) is 0 Å². The second-order valence-electron chi connectivity index (χ2n) is 18.1. The van der Waals surface area contributed by atoms with Gasteiger partial charge in [-0.25, -0.2) is 4.79 Å². The fraction of sp³-hybridized carbons (Fsp3) is 0.727. The molecule has 0 aliphatic carbocycles. The summed E-state index contributed by atoms with van der Waals surface area (Å²) < 4.78 is 17.3. The summed E-state index contributed by atoms with van der Waals surface area (Å²) in [5.74, 6) is -1.50. The summed E-state index contributed by atoms with van der Waals surface area (Å²) in [5.41, 5.74) is 0. The summed E-state index contributed by atoms with van der Waals surface area (Å²) in [6.07, 6.45) is 58.0. The smallest absolute Gasteiger partial charge is 0.362 e. The van der Waals surface area contributed by atoms with Crippen LogP contribution < -0.4 is 0 Å². The van der Waals surface area contributed by atoms with Gasteiger partial charge in [-0.2, -0.15) is 0 Å². The maximum absolute atomic E-state index is 12.8. The van der Waals surface area contributed by atoms with Crippen LogP contribution in [0.4, 0.5) is 0 Å². The second-order valence-corrected chi connectivity index (χ2v) is 18.1. The average molecular weight is 883 g/mol. The number of carboxylic acids is 1. The number of ether oxygens (including phenoxy) is 3. The van der Waals surface area contributed by atoms with E-state index in [9.17, 15) is 19.5 Å². The predicted octanol–water partition coefficient (Wildman–Crippen LogP) is 14.7. The van der Waals surface area contributed by atoms with Crippen molar-refractivity contribution in [3.8, 4) is 0 Å². The first-order valence-corrected chi connectivity index (χ1v) is 25.5. The van der Waals surface area contributed by atoms with E-state index in [0.29, 0.717) is 19.3 Å². The number of aliphatic carboxylic acids is 1. The molecule has 0 aliphatic heterocycles. The fourth-order valence-electron chi connectivity index (χ4n) is 7.26. The number of quaternary nitrogens is 1. The molecule has 8 heteroatoms. The van der Waals surface area contributed by atoms with Crippen LogP contribution in [0.1, 0.15) is 206 Å². The number of allylic oxidation sites excluding steroid dienone is 12. The normalized spacial score (nSPS) is 13.5. The molecular weight excluding hydrogens is 787 g/mol. The van der Waals surface area contributed by atoms with Crippen LogP contribution in [0.15, 0.2) is 72.9 Å². The third kappa shape index (κ3) is 43.8. The summed E-state index contributed by atoms with van der Waals surface area (Å²) in [7, 11) is 5.52. The minimum Gasteiger partial charge on any atom is -0.477 e. The van der Waals surface area contributed by atoms with Gasteiger partial charge in [-0.05, 0) is 64.2 Å². The summed E-state index contributed by atoms with van der Waals surface area (Å²) in [5, 5.41) is 9.65. The standard InChI is InChI=1S/C55H95NO7/c1-6-8-10-12-14-16-18-20-22-24-26-27-28-30-31-33-35-37-39-41-43-45-53(57)62-50-51(49-61-48-47-52(55(59)60)56(3,4)5)63-54(58)46-44-42-40-38-36-34-32-29-25-23-21-19-17-15-13-11-9-7-2/h8,10,14-17,19,21,23,25,29,32,51-52H,6-7,9,11-13,18,20,22,24,26-28,30-31,33-50H2,1-5H3/p+1/b10-8+,16-14+,17-15+,21-19+,25-23+,32-29+. The summed E-state index contributed by atoms with van der Waals surface area (Å²) >= 11 is 0. The number of hydrogen-bond donors (Lipinski definition) is 1. The number of rotatable bonds is 45. The van der Waals surface area contributed by atoms with Gasteiger partial charge in [0.05, 0.1) is 34.4 Å². The van der Waals surface area contributed by atoms with Crippen LogP contribution in [0, 0.1) is 0 Å². The molecule has 362 valence electrons. The van der Waals surface area contributed by atoms with E-state index < -0.39 is 18.1 Å². The second kappa shape index (κ2) is 45.3. The first kappa shape index (κ1) is 59.8. The van der Waals surface area contributed by atoms with Gasteiger partial charge < -0.3 is 23.8 Å². The van der Waals surface area contributed by atoms with E-state index in [1.54, 1.807) is 0 Å². The molecule has 2 unspecified atom stereocenters. The molecule has 0 saturated heterocycles. The van der Waals surface area contributed by atoms with Gasteiger partial charge in [-0.3, -0.25) is 9.59 Å². The lowest BCUT2D eigenvalue weighted by Gasteiger charge is -2.31. The van der Waals surface area contributed by atoms with Gasteiger partial charge >= 0.3 is 17.9 Å². The Morgan fingerprint density at radius 3 is 1.44 bits per heavy atom. The Morgan fingerprint density at radius 1 is 0.508 bits per heavy atom. The van der Waals surface area contributed by atoms with Gasteiger partial charge in [0.15, 0.2) is 12.1 Å².